The van der Waals surface area contributed by atoms with E-state index in [0.29, 0.717) is 5.82 Å². The molecule has 0 saturated carbocycles. The van der Waals surface area contributed by atoms with Crippen molar-refractivity contribution in [3.05, 3.63) is 11.9 Å². The van der Waals surface area contributed by atoms with Gasteiger partial charge in [-0.2, -0.15) is 5.11 Å². The van der Waals surface area contributed by atoms with Gasteiger partial charge in [0.1, 0.15) is 5.82 Å². The second-order valence-corrected chi connectivity index (χ2v) is 1.78. The van der Waals surface area contributed by atoms with E-state index in [1.807, 2.05) is 6.08 Å². The van der Waals surface area contributed by atoms with Crippen molar-refractivity contribution in [1.29, 1.82) is 0 Å². The largest absolute Gasteiger partial charge is 0.382 e. The van der Waals surface area contributed by atoms with Crippen LogP contribution in [0.1, 0.15) is 13.3 Å². The molecule has 1 aliphatic rings. The summed E-state index contributed by atoms with van der Waals surface area (Å²) in [6, 6.07) is 0.245. The highest BCUT2D eigenvalue weighted by Crippen LogP contribution is 2.09. The molecule has 0 bridgehead atoms. The van der Waals surface area contributed by atoms with Crippen LogP contribution in [0.25, 0.3) is 0 Å². The van der Waals surface area contributed by atoms with Crippen LogP contribution in [0.4, 0.5) is 0 Å². The van der Waals surface area contributed by atoms with Gasteiger partial charge in [0.15, 0.2) is 0 Å². The molecule has 1 unspecified atom stereocenters. The Morgan fingerprint density at radius 3 is 2.88 bits per heavy atom. The van der Waals surface area contributed by atoms with Crippen LogP contribution >= 0.6 is 0 Å². The van der Waals surface area contributed by atoms with E-state index >= 15 is 0 Å². The SMILES string of the molecule is CCC1C=C(N)N=N1. The second kappa shape index (κ2) is 1.94. The van der Waals surface area contributed by atoms with E-state index in [-0.39, 0.29) is 6.04 Å². The first-order valence-corrected chi connectivity index (χ1v) is 2.71. The van der Waals surface area contributed by atoms with Gasteiger partial charge in [0.25, 0.3) is 0 Å². The van der Waals surface area contributed by atoms with Gasteiger partial charge in [0.05, 0.1) is 6.04 Å². The zero-order chi connectivity index (χ0) is 5.98. The predicted molar refractivity (Wildman–Crippen MR) is 31.2 cm³/mol. The normalized spacial score (nSPS) is 26.1. The lowest BCUT2D eigenvalue weighted by Gasteiger charge is -1.90. The third-order valence-corrected chi connectivity index (χ3v) is 1.10. The van der Waals surface area contributed by atoms with Crippen LogP contribution in [0.3, 0.4) is 0 Å². The molecule has 0 saturated heterocycles. The van der Waals surface area contributed by atoms with Crippen molar-refractivity contribution in [2.24, 2.45) is 16.0 Å². The second-order valence-electron chi connectivity index (χ2n) is 1.78. The minimum Gasteiger partial charge on any atom is -0.382 e. The molecule has 0 aromatic rings. The van der Waals surface area contributed by atoms with Crippen molar-refractivity contribution >= 4 is 0 Å². The van der Waals surface area contributed by atoms with E-state index < -0.39 is 0 Å². The summed E-state index contributed by atoms with van der Waals surface area (Å²) < 4.78 is 0. The number of nitrogens with two attached hydrogens (primary N) is 1. The van der Waals surface area contributed by atoms with Gasteiger partial charge in [-0.05, 0) is 12.5 Å². The summed E-state index contributed by atoms with van der Waals surface area (Å²) in [6.07, 6.45) is 2.85. The van der Waals surface area contributed by atoms with Crippen molar-refractivity contribution in [2.75, 3.05) is 0 Å². The molecule has 0 aliphatic carbocycles. The highest BCUT2D eigenvalue weighted by Gasteiger charge is 2.05. The number of hydrogen-bond donors (Lipinski definition) is 1. The molecular formula is C5H9N3. The summed E-state index contributed by atoms with van der Waals surface area (Å²) in [4.78, 5) is 0. The lowest BCUT2D eigenvalue weighted by atomic mass is 10.2. The molecule has 8 heavy (non-hydrogen) atoms. The topological polar surface area (TPSA) is 50.7 Å². The number of hydrogen-bond acceptors (Lipinski definition) is 3. The molecule has 0 fully saturated rings. The summed E-state index contributed by atoms with van der Waals surface area (Å²) in [5.74, 6) is 0.553. The number of rotatable bonds is 1. The highest BCUT2D eigenvalue weighted by molar-refractivity contribution is 5.04. The fourth-order valence-electron chi connectivity index (χ4n) is 0.604. The van der Waals surface area contributed by atoms with Gasteiger partial charge in [-0.3, -0.25) is 0 Å². The van der Waals surface area contributed by atoms with Crippen LogP contribution in [-0.2, 0) is 0 Å². The fraction of sp³-hybridized carbons (Fsp3) is 0.600. The van der Waals surface area contributed by atoms with E-state index in [0.717, 1.165) is 6.42 Å². The van der Waals surface area contributed by atoms with Crippen molar-refractivity contribution in [2.45, 2.75) is 19.4 Å². The Labute approximate surface area is 48.3 Å². The van der Waals surface area contributed by atoms with Gasteiger partial charge >= 0.3 is 0 Å². The summed E-state index contributed by atoms with van der Waals surface area (Å²) in [5, 5.41) is 7.49. The fourth-order valence-corrected chi connectivity index (χ4v) is 0.604. The first-order valence-electron chi connectivity index (χ1n) is 2.71. The molecule has 0 aromatic carbocycles. The standard InChI is InChI=1S/C5H9N3/c1-2-4-3-5(6)8-7-4/h3-4H,2,6H2,1H3. The summed E-state index contributed by atoms with van der Waals surface area (Å²) in [6.45, 7) is 2.05. The Bertz CT molecular complexity index is 137. The predicted octanol–water partition coefficient (Wildman–Crippen LogP) is 1.03. The molecule has 0 radical (unpaired) electrons. The Hall–Kier alpha value is -0.860. The average molecular weight is 111 g/mol. The molecule has 1 aliphatic heterocycles. The van der Waals surface area contributed by atoms with E-state index in [1.165, 1.54) is 0 Å². The Balaban J connectivity index is 2.55. The molecule has 1 heterocycles. The molecule has 0 spiro atoms. The summed E-state index contributed by atoms with van der Waals surface area (Å²) in [5.41, 5.74) is 5.30. The van der Waals surface area contributed by atoms with Crippen molar-refractivity contribution < 1.29 is 0 Å². The molecule has 1 atom stereocenters. The summed E-state index contributed by atoms with van der Waals surface area (Å²) in [7, 11) is 0. The van der Waals surface area contributed by atoms with Gasteiger partial charge in [-0.15, -0.1) is 5.11 Å². The van der Waals surface area contributed by atoms with Crippen LogP contribution in [-0.4, -0.2) is 6.04 Å². The third-order valence-electron chi connectivity index (χ3n) is 1.10. The number of azo groups is 1. The Morgan fingerprint density at radius 1 is 1.88 bits per heavy atom. The van der Waals surface area contributed by atoms with E-state index in [4.69, 9.17) is 5.73 Å². The molecule has 0 aromatic heterocycles. The minimum atomic E-state index is 0.245. The first kappa shape index (κ1) is 5.28. The van der Waals surface area contributed by atoms with E-state index in [2.05, 4.69) is 17.2 Å². The van der Waals surface area contributed by atoms with Crippen molar-refractivity contribution in [3.63, 3.8) is 0 Å². The Morgan fingerprint density at radius 2 is 2.62 bits per heavy atom. The monoisotopic (exact) mass is 111 g/mol. The molecule has 44 valence electrons. The van der Waals surface area contributed by atoms with Gasteiger partial charge < -0.3 is 5.73 Å². The van der Waals surface area contributed by atoms with Crippen molar-refractivity contribution in [3.8, 4) is 0 Å². The van der Waals surface area contributed by atoms with Gasteiger partial charge in [0.2, 0.25) is 0 Å². The lowest BCUT2D eigenvalue weighted by molar-refractivity contribution is 0.768. The quantitative estimate of drug-likeness (QED) is 0.539. The first-order chi connectivity index (χ1) is 3.83. The summed E-state index contributed by atoms with van der Waals surface area (Å²) >= 11 is 0. The maximum Gasteiger partial charge on any atom is 0.143 e. The lowest BCUT2D eigenvalue weighted by Crippen LogP contribution is -1.94. The van der Waals surface area contributed by atoms with Gasteiger partial charge in [-0.25, -0.2) is 0 Å². The maximum absolute atomic E-state index is 5.30. The molecule has 3 heteroatoms. The van der Waals surface area contributed by atoms with E-state index in [1.54, 1.807) is 0 Å². The van der Waals surface area contributed by atoms with Crippen LogP contribution in [0.15, 0.2) is 22.1 Å². The molecular weight excluding hydrogens is 102 g/mol. The van der Waals surface area contributed by atoms with Crippen LogP contribution in [0.5, 0.6) is 0 Å². The van der Waals surface area contributed by atoms with E-state index in [9.17, 15) is 0 Å². The van der Waals surface area contributed by atoms with Gasteiger partial charge in [0, 0.05) is 0 Å². The van der Waals surface area contributed by atoms with Crippen molar-refractivity contribution in [1.82, 2.24) is 0 Å². The molecule has 2 N–H and O–H groups in total. The van der Waals surface area contributed by atoms with Crippen LogP contribution < -0.4 is 5.73 Å². The minimum absolute atomic E-state index is 0.245. The average Bonchev–Trinajstić information content (AvgIpc) is 2.14. The van der Waals surface area contributed by atoms with Crippen LogP contribution in [0.2, 0.25) is 0 Å². The zero-order valence-electron chi connectivity index (χ0n) is 4.83. The van der Waals surface area contributed by atoms with Gasteiger partial charge in [-0.1, -0.05) is 6.92 Å². The molecule has 1 rings (SSSR count). The Kier molecular flexibility index (Phi) is 1.28. The zero-order valence-corrected chi connectivity index (χ0v) is 4.83. The maximum atomic E-state index is 5.30. The number of nitrogens with zero attached hydrogens (tertiary/aromatic N) is 2. The smallest absolute Gasteiger partial charge is 0.143 e. The van der Waals surface area contributed by atoms with Crippen LogP contribution in [0, 0.1) is 0 Å². The third kappa shape index (κ3) is 0.857. The molecule has 3 nitrogen and oxygen atoms in total. The molecule has 0 amide bonds. The highest BCUT2D eigenvalue weighted by atomic mass is 15.2.